The maximum Gasteiger partial charge on any atom is 0.246 e. The summed E-state index contributed by atoms with van der Waals surface area (Å²) in [6, 6.07) is 0. The van der Waals surface area contributed by atoms with Crippen LogP contribution in [-0.4, -0.2) is 17.5 Å². The highest BCUT2D eigenvalue weighted by Gasteiger charge is 2.39. The van der Waals surface area contributed by atoms with Gasteiger partial charge in [0, 0.05) is 30.5 Å². The molecular weight excluding hydrogens is 278 g/mol. The van der Waals surface area contributed by atoms with Crippen LogP contribution in [0, 0.1) is 5.92 Å². The van der Waals surface area contributed by atoms with E-state index < -0.39 is 23.3 Å². The van der Waals surface area contributed by atoms with Gasteiger partial charge in [-0.2, -0.15) is 0 Å². The van der Waals surface area contributed by atoms with Crippen molar-refractivity contribution in [3.05, 3.63) is 35.3 Å². The molecule has 0 bridgehead atoms. The van der Waals surface area contributed by atoms with Crippen LogP contribution in [0.1, 0.15) is 33.6 Å². The van der Waals surface area contributed by atoms with Gasteiger partial charge in [0.1, 0.15) is 11.5 Å². The molecule has 6 heteroatoms. The van der Waals surface area contributed by atoms with Crippen LogP contribution in [0.25, 0.3) is 0 Å². The Morgan fingerprint density at radius 1 is 1.52 bits per heavy atom. The Bertz CT molecular complexity index is 538. The predicted octanol–water partition coefficient (Wildman–Crippen LogP) is 2.43. The summed E-state index contributed by atoms with van der Waals surface area (Å²) in [5, 5.41) is 2.52. The highest BCUT2D eigenvalue weighted by Crippen LogP contribution is 2.37. The van der Waals surface area contributed by atoms with Gasteiger partial charge in [-0.3, -0.25) is 9.59 Å². The number of carbonyl (C=O) groups is 2. The van der Waals surface area contributed by atoms with Gasteiger partial charge < -0.3 is 11.1 Å². The van der Waals surface area contributed by atoms with E-state index in [4.69, 9.17) is 5.73 Å². The molecule has 2 amide bonds. The molecule has 2 atom stereocenters. The smallest absolute Gasteiger partial charge is 0.246 e. The van der Waals surface area contributed by atoms with Crippen molar-refractivity contribution in [2.75, 3.05) is 0 Å². The molecule has 1 aliphatic rings. The summed E-state index contributed by atoms with van der Waals surface area (Å²) in [6.07, 6.45) is 3.38. The first kappa shape index (κ1) is 17.1. The number of alkyl halides is 1. The average molecular weight is 298 g/mol. The monoisotopic (exact) mass is 298 g/mol. The highest BCUT2D eigenvalue weighted by molar-refractivity contribution is 5.94. The van der Waals surface area contributed by atoms with Crippen molar-refractivity contribution in [3.8, 4) is 0 Å². The van der Waals surface area contributed by atoms with Gasteiger partial charge >= 0.3 is 0 Å². The lowest BCUT2D eigenvalue weighted by atomic mass is 9.79. The van der Waals surface area contributed by atoms with Gasteiger partial charge in [0.05, 0.1) is 0 Å². The van der Waals surface area contributed by atoms with Gasteiger partial charge in [0.15, 0.2) is 0 Å². The number of primary amides is 1. The number of nitrogens with two attached hydrogens (primary N) is 1. The van der Waals surface area contributed by atoms with E-state index in [1.54, 1.807) is 6.92 Å². The number of hydrogen-bond donors (Lipinski definition) is 2. The van der Waals surface area contributed by atoms with Crippen LogP contribution in [0.2, 0.25) is 0 Å². The number of carbonyl (C=O) groups excluding carboxylic acids is 2. The second-order valence-electron chi connectivity index (χ2n) is 5.07. The first-order valence-corrected chi connectivity index (χ1v) is 6.75. The molecule has 0 fully saturated rings. The van der Waals surface area contributed by atoms with Gasteiger partial charge in [0.2, 0.25) is 11.8 Å². The fourth-order valence-corrected chi connectivity index (χ4v) is 2.35. The molecule has 0 saturated carbocycles. The fraction of sp³-hybridized carbons (Fsp3) is 0.467. The lowest BCUT2D eigenvalue weighted by Crippen LogP contribution is -2.38. The molecule has 1 aliphatic carbocycles. The largest absolute Gasteiger partial charge is 0.366 e. The number of rotatable bonds is 5. The number of amides is 2. The van der Waals surface area contributed by atoms with E-state index in [1.165, 1.54) is 13.8 Å². The van der Waals surface area contributed by atoms with Gasteiger partial charge in [-0.1, -0.05) is 13.8 Å². The minimum atomic E-state index is -1.92. The quantitative estimate of drug-likeness (QED) is 0.765. The van der Waals surface area contributed by atoms with Crippen molar-refractivity contribution in [3.63, 3.8) is 0 Å². The van der Waals surface area contributed by atoms with Gasteiger partial charge in [0.25, 0.3) is 0 Å². The number of hydrogen-bond acceptors (Lipinski definition) is 2. The predicted molar refractivity (Wildman–Crippen MR) is 76.3 cm³/mol. The third-order valence-corrected chi connectivity index (χ3v) is 3.55. The van der Waals surface area contributed by atoms with Crippen LogP contribution in [0.15, 0.2) is 35.3 Å². The molecule has 0 aliphatic heterocycles. The molecule has 0 aromatic heterocycles. The zero-order valence-electron chi connectivity index (χ0n) is 12.4. The highest BCUT2D eigenvalue weighted by atomic mass is 19.1. The van der Waals surface area contributed by atoms with Gasteiger partial charge in [-0.05, 0) is 24.6 Å². The average Bonchev–Trinajstić information content (AvgIpc) is 2.40. The van der Waals surface area contributed by atoms with E-state index in [9.17, 15) is 18.4 Å². The third kappa shape index (κ3) is 4.00. The molecule has 0 saturated heterocycles. The lowest BCUT2D eigenvalue weighted by Gasteiger charge is -2.31. The summed E-state index contributed by atoms with van der Waals surface area (Å²) in [6.45, 7) is 4.52. The molecule has 4 nitrogen and oxygen atoms in total. The Morgan fingerprint density at radius 3 is 2.52 bits per heavy atom. The first-order valence-electron chi connectivity index (χ1n) is 6.75. The zero-order valence-corrected chi connectivity index (χ0v) is 12.4. The van der Waals surface area contributed by atoms with E-state index in [2.05, 4.69) is 5.32 Å². The summed E-state index contributed by atoms with van der Waals surface area (Å²) in [5.41, 5.74) is 3.75. The summed E-state index contributed by atoms with van der Waals surface area (Å²) in [7, 11) is 0. The summed E-state index contributed by atoms with van der Waals surface area (Å²) in [4.78, 5) is 22.9. The van der Waals surface area contributed by atoms with E-state index >= 15 is 0 Å². The Balaban J connectivity index is 3.22. The Morgan fingerprint density at radius 2 is 2.14 bits per heavy atom. The van der Waals surface area contributed by atoms with E-state index in [0.717, 1.165) is 18.2 Å². The van der Waals surface area contributed by atoms with Crippen molar-refractivity contribution in [1.82, 2.24) is 5.32 Å². The van der Waals surface area contributed by atoms with Crippen LogP contribution in [0.4, 0.5) is 8.78 Å². The van der Waals surface area contributed by atoms with Gasteiger partial charge in [-0.15, -0.1) is 0 Å². The van der Waals surface area contributed by atoms with Crippen molar-refractivity contribution < 1.29 is 18.4 Å². The molecule has 21 heavy (non-hydrogen) atoms. The molecule has 2 unspecified atom stereocenters. The molecule has 0 radical (unpaired) electrons. The van der Waals surface area contributed by atoms with Crippen LogP contribution >= 0.6 is 0 Å². The van der Waals surface area contributed by atoms with Crippen LogP contribution in [-0.2, 0) is 9.59 Å². The van der Waals surface area contributed by atoms with Crippen LogP contribution < -0.4 is 11.1 Å². The standard InChI is InChI=1S/C15H20F2N2O2/c1-4-12(19-10(3)20)13(14(18)21)9(2)15(17)7-5-11(16)6-8-15/h5-7,9H,4,8H2,1-3H3,(H2,18,21)(H,19,20)/b13-12+. The van der Waals surface area contributed by atoms with E-state index in [1.807, 2.05) is 0 Å². The second-order valence-corrected chi connectivity index (χ2v) is 5.07. The molecule has 0 aromatic rings. The van der Waals surface area contributed by atoms with Crippen molar-refractivity contribution in [1.29, 1.82) is 0 Å². The van der Waals surface area contributed by atoms with Gasteiger partial charge in [-0.25, -0.2) is 8.78 Å². The lowest BCUT2D eigenvalue weighted by molar-refractivity contribution is -0.118. The summed E-state index contributed by atoms with van der Waals surface area (Å²) < 4.78 is 27.9. The zero-order chi connectivity index (χ0) is 16.2. The topological polar surface area (TPSA) is 72.2 Å². The maximum absolute atomic E-state index is 14.9. The molecule has 116 valence electrons. The second kappa shape index (κ2) is 6.65. The molecule has 3 N–H and O–H groups in total. The van der Waals surface area contributed by atoms with E-state index in [0.29, 0.717) is 12.1 Å². The molecule has 0 heterocycles. The van der Waals surface area contributed by atoms with Crippen LogP contribution in [0.5, 0.6) is 0 Å². The van der Waals surface area contributed by atoms with Crippen molar-refractivity contribution >= 4 is 11.8 Å². The van der Waals surface area contributed by atoms with E-state index in [-0.39, 0.29) is 17.9 Å². The van der Waals surface area contributed by atoms with Crippen molar-refractivity contribution in [2.24, 2.45) is 11.7 Å². The summed E-state index contributed by atoms with van der Waals surface area (Å²) >= 11 is 0. The number of allylic oxidation sites excluding steroid dienone is 5. The maximum atomic E-state index is 14.9. The molecular formula is C15H20F2N2O2. The Kier molecular flexibility index (Phi) is 5.41. The SMILES string of the molecule is CC/C(NC(C)=O)=C(\C(N)=O)C(C)C1(F)C=CC(F)=CC1. The Hall–Kier alpha value is -1.98. The van der Waals surface area contributed by atoms with Crippen LogP contribution in [0.3, 0.4) is 0 Å². The first-order chi connectivity index (χ1) is 9.71. The fourth-order valence-electron chi connectivity index (χ4n) is 2.35. The van der Waals surface area contributed by atoms with Crippen molar-refractivity contribution in [2.45, 2.75) is 39.3 Å². The third-order valence-electron chi connectivity index (χ3n) is 3.55. The molecule has 1 rings (SSSR count). The number of nitrogens with one attached hydrogen (secondary N) is 1. The number of halogens is 2. The summed E-state index contributed by atoms with van der Waals surface area (Å²) in [5.74, 6) is -2.58. The minimum absolute atomic E-state index is 0.0237. The molecule has 0 aromatic carbocycles. The Labute approximate surface area is 122 Å². The molecule has 0 spiro atoms. The minimum Gasteiger partial charge on any atom is -0.366 e. The normalized spacial score (nSPS) is 24.0.